The Hall–Kier alpha value is -1.68. The normalized spacial score (nSPS) is 24.3. The molecule has 3 rings (SSSR count). The van der Waals surface area contributed by atoms with E-state index in [0.29, 0.717) is 24.3 Å². The maximum atomic E-state index is 12.5. The van der Waals surface area contributed by atoms with Gasteiger partial charge in [-0.05, 0) is 57.2 Å². The van der Waals surface area contributed by atoms with Crippen LogP contribution in [0.1, 0.15) is 44.2 Å². The molecule has 0 N–H and O–H groups in total. The zero-order valence-corrected chi connectivity index (χ0v) is 14.7. The summed E-state index contributed by atoms with van der Waals surface area (Å²) < 4.78 is 0. The molecule has 4 heteroatoms. The second kappa shape index (κ2) is 8.43. The molecule has 1 aromatic rings. The second-order valence-electron chi connectivity index (χ2n) is 7.17. The summed E-state index contributed by atoms with van der Waals surface area (Å²) in [6.45, 7) is 2.70. The molecule has 0 bridgehead atoms. The molecule has 1 aliphatic carbocycles. The monoisotopic (exact) mass is 327 g/mol. The van der Waals surface area contributed by atoms with E-state index >= 15 is 0 Å². The van der Waals surface area contributed by atoms with Crippen LogP contribution in [-0.2, 0) is 11.3 Å². The minimum Gasteiger partial charge on any atom is -0.343 e. The fourth-order valence-corrected chi connectivity index (χ4v) is 3.86. The van der Waals surface area contributed by atoms with Crippen LogP contribution < -0.4 is 0 Å². The van der Waals surface area contributed by atoms with E-state index in [-0.39, 0.29) is 0 Å². The topological polar surface area (TPSA) is 36.4 Å². The Labute approximate surface area is 145 Å². The zero-order chi connectivity index (χ0) is 16.8. The van der Waals surface area contributed by atoms with Gasteiger partial charge in [-0.1, -0.05) is 18.2 Å². The molecule has 0 unspecified atom stereocenters. The average Bonchev–Trinajstić information content (AvgIpc) is 2.96. The second-order valence-corrected chi connectivity index (χ2v) is 7.17. The molecule has 0 aromatic carbocycles. The van der Waals surface area contributed by atoms with Crippen molar-refractivity contribution < 1.29 is 4.79 Å². The first kappa shape index (κ1) is 17.2. The first-order valence-electron chi connectivity index (χ1n) is 9.27. The van der Waals surface area contributed by atoms with Crippen LogP contribution in [-0.4, -0.2) is 46.9 Å². The van der Waals surface area contributed by atoms with Gasteiger partial charge in [0, 0.05) is 38.3 Å². The fraction of sp³-hybridized carbons (Fsp3) is 0.600. The van der Waals surface area contributed by atoms with E-state index in [1.807, 2.05) is 18.3 Å². The number of pyridine rings is 1. The molecule has 0 spiro atoms. The zero-order valence-electron chi connectivity index (χ0n) is 14.7. The number of carbonyl (C=O) groups is 1. The highest BCUT2D eigenvalue weighted by atomic mass is 16.2. The number of likely N-dealkylation sites (tertiary alicyclic amines) is 1. The molecule has 1 saturated heterocycles. The molecule has 1 aromatic heterocycles. The quantitative estimate of drug-likeness (QED) is 0.779. The van der Waals surface area contributed by atoms with Crippen LogP contribution in [0, 0.1) is 5.92 Å². The van der Waals surface area contributed by atoms with E-state index in [2.05, 4.69) is 40.0 Å². The van der Waals surface area contributed by atoms with Crippen LogP contribution in [0.5, 0.6) is 0 Å². The number of allylic oxidation sites excluding steroid dienone is 2. The summed E-state index contributed by atoms with van der Waals surface area (Å²) >= 11 is 0. The minimum atomic E-state index is 0.347. The van der Waals surface area contributed by atoms with Crippen molar-refractivity contribution in [1.29, 1.82) is 0 Å². The predicted molar refractivity (Wildman–Crippen MR) is 96.4 cm³/mol. The van der Waals surface area contributed by atoms with Gasteiger partial charge in [-0.25, -0.2) is 0 Å². The minimum absolute atomic E-state index is 0.347. The number of carbonyl (C=O) groups excluding carboxylic acids is 1. The molecule has 2 heterocycles. The number of hydrogen-bond acceptors (Lipinski definition) is 3. The lowest BCUT2D eigenvalue weighted by molar-refractivity contribution is -0.131. The van der Waals surface area contributed by atoms with Crippen LogP contribution >= 0.6 is 0 Å². The Bertz CT molecular complexity index is 557. The molecule has 1 fully saturated rings. The SMILES string of the molecule is CN(Cc1ccccn1)[C@@H]1CCCN(C(=O)C[C@@H]2C=CCC2)CC1. The van der Waals surface area contributed by atoms with Crippen molar-refractivity contribution >= 4 is 5.91 Å². The number of amides is 1. The lowest BCUT2D eigenvalue weighted by atomic mass is 10.0. The molecule has 0 saturated carbocycles. The lowest BCUT2D eigenvalue weighted by Crippen LogP contribution is -2.35. The van der Waals surface area contributed by atoms with Crippen molar-refractivity contribution in [2.45, 2.75) is 51.1 Å². The van der Waals surface area contributed by atoms with E-state index < -0.39 is 0 Å². The van der Waals surface area contributed by atoms with Gasteiger partial charge < -0.3 is 4.90 Å². The average molecular weight is 327 g/mol. The van der Waals surface area contributed by atoms with Gasteiger partial charge in [0.2, 0.25) is 5.91 Å². The van der Waals surface area contributed by atoms with Gasteiger partial charge in [0.15, 0.2) is 0 Å². The highest BCUT2D eigenvalue weighted by Crippen LogP contribution is 2.23. The van der Waals surface area contributed by atoms with Crippen molar-refractivity contribution in [1.82, 2.24) is 14.8 Å². The summed E-state index contributed by atoms with van der Waals surface area (Å²) in [5, 5.41) is 0. The third-order valence-electron chi connectivity index (χ3n) is 5.36. The summed E-state index contributed by atoms with van der Waals surface area (Å²) in [5.74, 6) is 0.822. The molecular weight excluding hydrogens is 298 g/mol. The van der Waals surface area contributed by atoms with Crippen molar-refractivity contribution in [3.05, 3.63) is 42.2 Å². The molecule has 4 nitrogen and oxygen atoms in total. The first-order chi connectivity index (χ1) is 11.7. The van der Waals surface area contributed by atoms with E-state index in [1.54, 1.807) is 0 Å². The van der Waals surface area contributed by atoms with Crippen molar-refractivity contribution in [2.24, 2.45) is 5.92 Å². The maximum absolute atomic E-state index is 12.5. The standard InChI is InChI=1S/C20H29N3O/c1-22(16-18-9-4-5-12-21-18)19-10-6-13-23(14-11-19)20(24)15-17-7-2-3-8-17/h2,4-5,7,9,12,17,19H,3,6,8,10-11,13-16H2,1H3/t17-,19-/m1/s1. The third kappa shape index (κ3) is 4.67. The Morgan fingerprint density at radius 3 is 2.96 bits per heavy atom. The molecule has 2 aliphatic rings. The van der Waals surface area contributed by atoms with Gasteiger partial charge in [-0.15, -0.1) is 0 Å². The Balaban J connectivity index is 1.49. The highest BCUT2D eigenvalue weighted by molar-refractivity contribution is 5.76. The fourth-order valence-electron chi connectivity index (χ4n) is 3.86. The van der Waals surface area contributed by atoms with E-state index in [4.69, 9.17) is 0 Å². The molecule has 1 amide bonds. The molecule has 0 radical (unpaired) electrons. The van der Waals surface area contributed by atoms with Crippen molar-refractivity contribution in [3.8, 4) is 0 Å². The summed E-state index contributed by atoms with van der Waals surface area (Å²) in [6, 6.07) is 6.62. The van der Waals surface area contributed by atoms with Gasteiger partial charge in [-0.3, -0.25) is 14.7 Å². The highest BCUT2D eigenvalue weighted by Gasteiger charge is 2.24. The van der Waals surface area contributed by atoms with Crippen molar-refractivity contribution in [2.75, 3.05) is 20.1 Å². The molecular formula is C20H29N3O. The molecule has 130 valence electrons. The number of rotatable bonds is 5. The van der Waals surface area contributed by atoms with Gasteiger partial charge in [0.25, 0.3) is 0 Å². The summed E-state index contributed by atoms with van der Waals surface area (Å²) in [6.07, 6.45) is 12.6. The van der Waals surface area contributed by atoms with Crippen LogP contribution in [0.25, 0.3) is 0 Å². The van der Waals surface area contributed by atoms with Crippen LogP contribution in [0.3, 0.4) is 0 Å². The largest absolute Gasteiger partial charge is 0.343 e. The third-order valence-corrected chi connectivity index (χ3v) is 5.36. The number of hydrogen-bond donors (Lipinski definition) is 0. The molecule has 24 heavy (non-hydrogen) atoms. The lowest BCUT2D eigenvalue weighted by Gasteiger charge is -2.27. The van der Waals surface area contributed by atoms with E-state index in [0.717, 1.165) is 57.4 Å². The van der Waals surface area contributed by atoms with Crippen LogP contribution in [0.2, 0.25) is 0 Å². The Morgan fingerprint density at radius 1 is 1.29 bits per heavy atom. The summed E-state index contributed by atoms with van der Waals surface area (Å²) in [5.41, 5.74) is 1.12. The molecule has 2 atom stereocenters. The van der Waals surface area contributed by atoms with Crippen LogP contribution in [0.4, 0.5) is 0 Å². The van der Waals surface area contributed by atoms with Gasteiger partial charge in [0.05, 0.1) is 5.69 Å². The predicted octanol–water partition coefficient (Wildman–Crippen LogP) is 3.25. The number of aromatic nitrogens is 1. The molecule has 1 aliphatic heterocycles. The van der Waals surface area contributed by atoms with Gasteiger partial charge in [0.1, 0.15) is 0 Å². The van der Waals surface area contributed by atoms with Gasteiger partial charge >= 0.3 is 0 Å². The van der Waals surface area contributed by atoms with Crippen molar-refractivity contribution in [3.63, 3.8) is 0 Å². The Morgan fingerprint density at radius 2 is 2.21 bits per heavy atom. The van der Waals surface area contributed by atoms with E-state index in [1.165, 1.54) is 0 Å². The first-order valence-corrected chi connectivity index (χ1v) is 9.27. The summed E-state index contributed by atoms with van der Waals surface area (Å²) in [4.78, 5) is 21.5. The summed E-state index contributed by atoms with van der Waals surface area (Å²) in [7, 11) is 2.18. The van der Waals surface area contributed by atoms with E-state index in [9.17, 15) is 4.79 Å². The smallest absolute Gasteiger partial charge is 0.223 e. The van der Waals surface area contributed by atoms with Gasteiger partial charge in [-0.2, -0.15) is 0 Å². The maximum Gasteiger partial charge on any atom is 0.223 e. The van der Waals surface area contributed by atoms with Crippen LogP contribution in [0.15, 0.2) is 36.5 Å². The Kier molecular flexibility index (Phi) is 6.02. The number of nitrogens with zero attached hydrogens (tertiary/aromatic N) is 3.